The van der Waals surface area contributed by atoms with E-state index in [1.54, 1.807) is 29.2 Å². The van der Waals surface area contributed by atoms with Crippen molar-refractivity contribution in [2.45, 2.75) is 26.1 Å². The molecule has 158 valence electrons. The molecule has 1 aliphatic heterocycles. The standard InChI is InChI=1S/C21H23N3O6/c1-14-11-23(12-15(2)30-14)20(25)13-29-21(26)16-8-9-18(19(10-16)24(27)28)22-17-6-4-3-5-7-17/h3-10,14-15,22H,11-13H2,1-2H3/t14-,15+. The zero-order valence-corrected chi connectivity index (χ0v) is 16.7. The van der Waals surface area contributed by atoms with E-state index in [0.717, 1.165) is 6.07 Å². The summed E-state index contributed by atoms with van der Waals surface area (Å²) in [6.45, 7) is 4.15. The highest BCUT2D eigenvalue weighted by Crippen LogP contribution is 2.29. The maximum Gasteiger partial charge on any atom is 0.338 e. The molecule has 0 unspecified atom stereocenters. The van der Waals surface area contributed by atoms with Crippen LogP contribution in [0.1, 0.15) is 24.2 Å². The second-order valence-electron chi connectivity index (χ2n) is 7.11. The number of carbonyl (C=O) groups excluding carboxylic acids is 2. The monoisotopic (exact) mass is 413 g/mol. The Morgan fingerprint density at radius 1 is 1.17 bits per heavy atom. The number of nitro groups is 1. The van der Waals surface area contributed by atoms with Crippen LogP contribution in [0, 0.1) is 10.1 Å². The third-order valence-electron chi connectivity index (χ3n) is 4.58. The molecule has 1 saturated heterocycles. The molecule has 0 radical (unpaired) electrons. The largest absolute Gasteiger partial charge is 0.452 e. The summed E-state index contributed by atoms with van der Waals surface area (Å²) >= 11 is 0. The van der Waals surface area contributed by atoms with Gasteiger partial charge in [0.2, 0.25) is 0 Å². The number of carbonyl (C=O) groups is 2. The molecule has 2 aromatic carbocycles. The summed E-state index contributed by atoms with van der Waals surface area (Å²) < 4.78 is 10.7. The Balaban J connectivity index is 1.66. The highest BCUT2D eigenvalue weighted by atomic mass is 16.6. The summed E-state index contributed by atoms with van der Waals surface area (Å²) in [6.07, 6.45) is -0.193. The molecule has 0 spiro atoms. The minimum atomic E-state index is -0.799. The number of rotatable bonds is 6. The zero-order chi connectivity index (χ0) is 21.7. The number of amides is 1. The minimum Gasteiger partial charge on any atom is -0.452 e. The first-order valence-electron chi connectivity index (χ1n) is 9.54. The number of nitro benzene ring substituents is 1. The highest BCUT2D eigenvalue weighted by molar-refractivity contribution is 5.93. The number of para-hydroxylation sites is 1. The van der Waals surface area contributed by atoms with Crippen molar-refractivity contribution in [3.63, 3.8) is 0 Å². The molecule has 0 aliphatic carbocycles. The number of morpholine rings is 1. The normalized spacial score (nSPS) is 18.5. The molecule has 1 heterocycles. The molecule has 2 atom stereocenters. The molecule has 0 saturated carbocycles. The molecule has 1 aliphatic rings. The van der Waals surface area contributed by atoms with Gasteiger partial charge in [-0.15, -0.1) is 0 Å². The molecular formula is C21H23N3O6. The molecule has 1 fully saturated rings. The van der Waals surface area contributed by atoms with E-state index in [2.05, 4.69) is 5.32 Å². The Bertz CT molecular complexity index is 924. The molecule has 0 bridgehead atoms. The van der Waals surface area contributed by atoms with Gasteiger partial charge in [-0.3, -0.25) is 14.9 Å². The minimum absolute atomic E-state index is 0.00294. The Morgan fingerprint density at radius 2 is 1.83 bits per heavy atom. The summed E-state index contributed by atoms with van der Waals surface area (Å²) in [5.74, 6) is -1.13. The number of nitrogens with one attached hydrogen (secondary N) is 1. The summed E-state index contributed by atoms with van der Waals surface area (Å²) in [4.78, 5) is 37.1. The van der Waals surface area contributed by atoms with Crippen molar-refractivity contribution in [3.8, 4) is 0 Å². The second-order valence-corrected chi connectivity index (χ2v) is 7.11. The van der Waals surface area contributed by atoms with Gasteiger partial charge in [-0.1, -0.05) is 18.2 Å². The van der Waals surface area contributed by atoms with Gasteiger partial charge in [-0.05, 0) is 38.1 Å². The molecule has 2 aromatic rings. The molecular weight excluding hydrogens is 390 g/mol. The first-order chi connectivity index (χ1) is 14.3. The smallest absolute Gasteiger partial charge is 0.338 e. The van der Waals surface area contributed by atoms with E-state index in [-0.39, 0.29) is 35.1 Å². The molecule has 0 aromatic heterocycles. The average molecular weight is 413 g/mol. The van der Waals surface area contributed by atoms with Gasteiger partial charge in [0.15, 0.2) is 6.61 Å². The quantitative estimate of drug-likeness (QED) is 0.440. The maximum absolute atomic E-state index is 12.3. The number of nitrogens with zero attached hydrogens (tertiary/aromatic N) is 2. The SMILES string of the molecule is C[C@@H]1CN(C(=O)COC(=O)c2ccc(Nc3ccccc3)c([N+](=O)[O-])c2)C[C@H](C)O1. The Hall–Kier alpha value is -3.46. The van der Waals surface area contributed by atoms with Gasteiger partial charge in [0.05, 0.1) is 22.7 Å². The molecule has 1 amide bonds. The van der Waals surface area contributed by atoms with Gasteiger partial charge in [0.1, 0.15) is 5.69 Å². The van der Waals surface area contributed by atoms with Crippen LogP contribution in [0.5, 0.6) is 0 Å². The Morgan fingerprint density at radius 3 is 2.47 bits per heavy atom. The van der Waals surface area contributed by atoms with Crippen LogP contribution >= 0.6 is 0 Å². The zero-order valence-electron chi connectivity index (χ0n) is 16.7. The van der Waals surface area contributed by atoms with Crippen molar-refractivity contribution in [3.05, 3.63) is 64.2 Å². The van der Waals surface area contributed by atoms with Crippen molar-refractivity contribution in [2.75, 3.05) is 25.0 Å². The fourth-order valence-electron chi connectivity index (χ4n) is 3.28. The van der Waals surface area contributed by atoms with Gasteiger partial charge in [-0.2, -0.15) is 0 Å². The average Bonchev–Trinajstić information content (AvgIpc) is 2.72. The second kappa shape index (κ2) is 9.36. The Labute approximate surface area is 173 Å². The third kappa shape index (κ3) is 5.32. The lowest BCUT2D eigenvalue weighted by molar-refractivity contribution is -0.383. The fraction of sp³-hybridized carbons (Fsp3) is 0.333. The van der Waals surface area contributed by atoms with Gasteiger partial charge in [0.25, 0.3) is 11.6 Å². The van der Waals surface area contributed by atoms with Gasteiger partial charge < -0.3 is 19.7 Å². The number of hydrogen-bond acceptors (Lipinski definition) is 7. The van der Waals surface area contributed by atoms with Crippen LogP contribution in [0.3, 0.4) is 0 Å². The van der Waals surface area contributed by atoms with Crippen molar-refractivity contribution < 1.29 is 24.0 Å². The predicted octanol–water partition coefficient (Wildman–Crippen LogP) is 3.13. The third-order valence-corrected chi connectivity index (χ3v) is 4.58. The first-order valence-corrected chi connectivity index (χ1v) is 9.54. The van der Waals surface area contributed by atoms with E-state index in [9.17, 15) is 19.7 Å². The first kappa shape index (κ1) is 21.3. The number of esters is 1. The number of benzene rings is 2. The predicted molar refractivity (Wildman–Crippen MR) is 110 cm³/mol. The van der Waals surface area contributed by atoms with Crippen LogP contribution in [0.15, 0.2) is 48.5 Å². The summed E-state index contributed by atoms with van der Waals surface area (Å²) in [5, 5.41) is 14.4. The van der Waals surface area contributed by atoms with Crippen LogP contribution in [-0.2, 0) is 14.3 Å². The summed E-state index contributed by atoms with van der Waals surface area (Å²) in [7, 11) is 0. The Kier molecular flexibility index (Phi) is 6.63. The topological polar surface area (TPSA) is 111 Å². The van der Waals surface area contributed by atoms with Crippen LogP contribution in [0.4, 0.5) is 17.1 Å². The van der Waals surface area contributed by atoms with Crippen LogP contribution in [-0.4, -0.2) is 53.6 Å². The van der Waals surface area contributed by atoms with Crippen molar-refractivity contribution >= 4 is 28.9 Å². The van der Waals surface area contributed by atoms with E-state index in [1.807, 2.05) is 19.9 Å². The molecule has 9 heteroatoms. The van der Waals surface area contributed by atoms with Crippen LogP contribution < -0.4 is 5.32 Å². The lowest BCUT2D eigenvalue weighted by Crippen LogP contribution is -2.49. The van der Waals surface area contributed by atoms with Crippen LogP contribution in [0.25, 0.3) is 0 Å². The lowest BCUT2D eigenvalue weighted by atomic mass is 10.1. The lowest BCUT2D eigenvalue weighted by Gasteiger charge is -2.35. The van der Waals surface area contributed by atoms with E-state index in [0.29, 0.717) is 18.8 Å². The van der Waals surface area contributed by atoms with Gasteiger partial charge in [0, 0.05) is 24.8 Å². The van der Waals surface area contributed by atoms with Crippen molar-refractivity contribution in [1.29, 1.82) is 0 Å². The maximum atomic E-state index is 12.3. The molecule has 9 nitrogen and oxygen atoms in total. The van der Waals surface area contributed by atoms with E-state index in [4.69, 9.17) is 9.47 Å². The molecule has 1 N–H and O–H groups in total. The molecule has 3 rings (SSSR count). The van der Waals surface area contributed by atoms with Crippen LogP contribution in [0.2, 0.25) is 0 Å². The van der Waals surface area contributed by atoms with Gasteiger partial charge in [-0.25, -0.2) is 4.79 Å². The van der Waals surface area contributed by atoms with E-state index < -0.39 is 17.5 Å². The fourth-order valence-corrected chi connectivity index (χ4v) is 3.28. The number of hydrogen-bond donors (Lipinski definition) is 1. The summed E-state index contributed by atoms with van der Waals surface area (Å²) in [5.41, 5.74) is 0.651. The number of ether oxygens (including phenoxy) is 2. The molecule has 30 heavy (non-hydrogen) atoms. The van der Waals surface area contributed by atoms with Gasteiger partial charge >= 0.3 is 5.97 Å². The van der Waals surface area contributed by atoms with E-state index >= 15 is 0 Å². The number of anilines is 2. The summed E-state index contributed by atoms with van der Waals surface area (Å²) in [6, 6.07) is 13.0. The van der Waals surface area contributed by atoms with E-state index in [1.165, 1.54) is 12.1 Å². The van der Waals surface area contributed by atoms with Crippen molar-refractivity contribution in [1.82, 2.24) is 4.90 Å². The van der Waals surface area contributed by atoms with Crippen molar-refractivity contribution in [2.24, 2.45) is 0 Å². The highest BCUT2D eigenvalue weighted by Gasteiger charge is 2.27.